The Kier molecular flexibility index (Phi) is 5.93. The van der Waals surface area contributed by atoms with Crippen molar-refractivity contribution in [2.24, 2.45) is 5.92 Å². The van der Waals surface area contributed by atoms with Gasteiger partial charge in [0.15, 0.2) is 0 Å². The van der Waals surface area contributed by atoms with Gasteiger partial charge in [0, 0.05) is 18.2 Å². The molecule has 2 heterocycles. The molecular weight excluding hydrogens is 418 g/mol. The van der Waals surface area contributed by atoms with Crippen LogP contribution in [0, 0.1) is 12.8 Å². The molecule has 0 aliphatic carbocycles. The first-order chi connectivity index (χ1) is 15.7. The fraction of sp³-hybridized carbons (Fsp3) is 0.360. The van der Waals surface area contributed by atoms with Gasteiger partial charge in [0.2, 0.25) is 5.78 Å². The number of hydrogen-bond donors (Lipinski definition) is 1. The molecule has 172 valence electrons. The summed E-state index contributed by atoms with van der Waals surface area (Å²) in [4.78, 5) is 39.4. The van der Waals surface area contributed by atoms with Crippen LogP contribution in [0.3, 0.4) is 0 Å². The normalized spacial score (nSPS) is 11.7. The van der Waals surface area contributed by atoms with E-state index < -0.39 is 0 Å². The molecule has 2 aromatic heterocycles. The first-order valence-corrected chi connectivity index (χ1v) is 11.2. The molecule has 0 aliphatic heterocycles. The zero-order chi connectivity index (χ0) is 23.9. The minimum Gasteiger partial charge on any atom is -0.352 e. The van der Waals surface area contributed by atoms with Gasteiger partial charge < -0.3 is 5.32 Å². The van der Waals surface area contributed by atoms with Crippen LogP contribution in [0.5, 0.6) is 0 Å². The summed E-state index contributed by atoms with van der Waals surface area (Å²) >= 11 is 0. The fourth-order valence-electron chi connectivity index (χ4n) is 3.86. The molecule has 1 amide bonds. The third kappa shape index (κ3) is 4.20. The van der Waals surface area contributed by atoms with E-state index in [9.17, 15) is 14.4 Å². The molecule has 0 aliphatic rings. The maximum absolute atomic E-state index is 13.4. The fourth-order valence-corrected chi connectivity index (χ4v) is 3.86. The van der Waals surface area contributed by atoms with Crippen molar-refractivity contribution in [3.63, 3.8) is 0 Å². The number of carbonyl (C=O) groups excluding carboxylic acids is 1. The molecule has 0 spiro atoms. The molecule has 2 aromatic carbocycles. The Morgan fingerprint density at radius 2 is 1.73 bits per heavy atom. The van der Waals surface area contributed by atoms with Crippen LogP contribution in [0.25, 0.3) is 16.7 Å². The summed E-state index contributed by atoms with van der Waals surface area (Å²) in [5.74, 6) is 0.327. The number of aryl methyl sites for hydroxylation is 1. The topological polar surface area (TPSA) is 90.4 Å². The van der Waals surface area contributed by atoms with Crippen LogP contribution in [-0.2, 0) is 6.54 Å². The second-order valence-corrected chi connectivity index (χ2v) is 9.17. The largest absolute Gasteiger partial charge is 0.352 e. The molecule has 1 N–H and O–H groups in total. The van der Waals surface area contributed by atoms with E-state index in [-0.39, 0.29) is 35.5 Å². The highest BCUT2D eigenvalue weighted by Gasteiger charge is 2.20. The summed E-state index contributed by atoms with van der Waals surface area (Å²) in [6, 6.07) is 12.5. The zero-order valence-corrected chi connectivity index (χ0v) is 19.6. The Hall–Kier alpha value is -3.68. The Bertz CT molecular complexity index is 1460. The van der Waals surface area contributed by atoms with Crippen LogP contribution in [-0.4, -0.2) is 31.2 Å². The van der Waals surface area contributed by atoms with Crippen LogP contribution in [0.2, 0.25) is 0 Å². The van der Waals surface area contributed by atoms with Crippen molar-refractivity contribution >= 4 is 22.6 Å². The van der Waals surface area contributed by atoms with E-state index in [4.69, 9.17) is 0 Å². The Morgan fingerprint density at radius 3 is 2.36 bits per heavy atom. The third-order valence-corrected chi connectivity index (χ3v) is 5.63. The van der Waals surface area contributed by atoms with Crippen LogP contribution >= 0.6 is 0 Å². The highest BCUT2D eigenvalue weighted by molar-refractivity contribution is 5.98. The number of nitrogens with one attached hydrogen (secondary N) is 1. The summed E-state index contributed by atoms with van der Waals surface area (Å²) < 4.78 is 4.32. The van der Waals surface area contributed by atoms with Gasteiger partial charge >= 0.3 is 5.69 Å². The highest BCUT2D eigenvalue weighted by Crippen LogP contribution is 2.17. The maximum atomic E-state index is 13.4. The quantitative estimate of drug-likeness (QED) is 0.492. The smallest absolute Gasteiger partial charge is 0.352 e. The number of benzene rings is 2. The zero-order valence-electron chi connectivity index (χ0n) is 19.6. The second kappa shape index (κ2) is 8.69. The van der Waals surface area contributed by atoms with Gasteiger partial charge in [-0.15, -0.1) is 5.10 Å². The number of amides is 1. The van der Waals surface area contributed by atoms with Crippen molar-refractivity contribution < 1.29 is 4.79 Å². The average Bonchev–Trinajstić information content (AvgIpc) is 3.08. The molecule has 0 atom stereocenters. The lowest BCUT2D eigenvalue weighted by Crippen LogP contribution is -2.29. The van der Waals surface area contributed by atoms with Crippen molar-refractivity contribution in [2.75, 3.05) is 6.54 Å². The standard InChI is InChI=1S/C25H29N5O3/c1-15(2)13-26-22(31)19-10-11-20-21(12-19)30-24(29(16(3)4)23(20)32)27-28(25(30)33)14-18-8-6-17(5)7-9-18/h6-12,15-16H,13-14H2,1-5H3,(H,26,31). The molecule has 0 unspecified atom stereocenters. The van der Waals surface area contributed by atoms with Crippen LogP contribution in [0.15, 0.2) is 52.1 Å². The number of carbonyl (C=O) groups is 1. The third-order valence-electron chi connectivity index (χ3n) is 5.63. The molecule has 0 radical (unpaired) electrons. The van der Waals surface area contributed by atoms with Gasteiger partial charge in [-0.1, -0.05) is 43.7 Å². The number of nitrogens with zero attached hydrogens (tertiary/aromatic N) is 4. The Balaban J connectivity index is 1.93. The molecule has 0 saturated heterocycles. The lowest BCUT2D eigenvalue weighted by Gasteiger charge is -2.13. The molecule has 8 nitrogen and oxygen atoms in total. The summed E-state index contributed by atoms with van der Waals surface area (Å²) in [5.41, 5.74) is 2.24. The highest BCUT2D eigenvalue weighted by atomic mass is 16.2. The van der Waals surface area contributed by atoms with Crippen LogP contribution < -0.4 is 16.6 Å². The van der Waals surface area contributed by atoms with Gasteiger partial charge in [0.25, 0.3) is 11.5 Å². The lowest BCUT2D eigenvalue weighted by atomic mass is 10.1. The summed E-state index contributed by atoms with van der Waals surface area (Å²) in [6.45, 7) is 10.6. The van der Waals surface area contributed by atoms with E-state index in [1.165, 1.54) is 13.6 Å². The molecular formula is C25H29N5O3. The lowest BCUT2D eigenvalue weighted by molar-refractivity contribution is 0.0949. The summed E-state index contributed by atoms with van der Waals surface area (Å²) in [7, 11) is 0. The Labute approximate surface area is 191 Å². The molecule has 0 saturated carbocycles. The molecule has 33 heavy (non-hydrogen) atoms. The number of rotatable bonds is 6. The summed E-state index contributed by atoms with van der Waals surface area (Å²) in [6.07, 6.45) is 0. The molecule has 4 aromatic rings. The molecule has 0 fully saturated rings. The van der Waals surface area contributed by atoms with Crippen molar-refractivity contribution in [2.45, 2.75) is 47.2 Å². The van der Waals surface area contributed by atoms with Gasteiger partial charge in [-0.2, -0.15) is 0 Å². The summed E-state index contributed by atoms with van der Waals surface area (Å²) in [5, 5.41) is 7.78. The predicted molar refractivity (Wildman–Crippen MR) is 129 cm³/mol. The van der Waals surface area contributed by atoms with E-state index in [1.807, 2.05) is 58.9 Å². The minimum atomic E-state index is -0.357. The number of hydrogen-bond acceptors (Lipinski definition) is 4. The molecule has 0 bridgehead atoms. The van der Waals surface area contributed by atoms with Crippen molar-refractivity contribution in [1.82, 2.24) is 24.1 Å². The van der Waals surface area contributed by atoms with E-state index >= 15 is 0 Å². The molecule has 8 heteroatoms. The van der Waals surface area contributed by atoms with E-state index in [0.29, 0.717) is 28.9 Å². The van der Waals surface area contributed by atoms with E-state index in [1.54, 1.807) is 18.2 Å². The monoisotopic (exact) mass is 447 g/mol. The van der Waals surface area contributed by atoms with Crippen molar-refractivity contribution in [3.05, 3.63) is 80.0 Å². The maximum Gasteiger partial charge on any atom is 0.352 e. The van der Waals surface area contributed by atoms with Crippen molar-refractivity contribution in [1.29, 1.82) is 0 Å². The van der Waals surface area contributed by atoms with Gasteiger partial charge in [-0.25, -0.2) is 13.9 Å². The number of fused-ring (bicyclic) bond motifs is 3. The van der Waals surface area contributed by atoms with Gasteiger partial charge in [0.05, 0.1) is 17.4 Å². The van der Waals surface area contributed by atoms with E-state index in [2.05, 4.69) is 10.4 Å². The van der Waals surface area contributed by atoms with Gasteiger partial charge in [-0.05, 0) is 50.5 Å². The minimum absolute atomic E-state index is 0.201. The van der Waals surface area contributed by atoms with Crippen molar-refractivity contribution in [3.8, 4) is 0 Å². The van der Waals surface area contributed by atoms with Crippen LogP contribution in [0.4, 0.5) is 0 Å². The first-order valence-electron chi connectivity index (χ1n) is 11.2. The molecule has 4 rings (SSSR count). The first kappa shape index (κ1) is 22.5. The van der Waals surface area contributed by atoms with Gasteiger partial charge in [-0.3, -0.25) is 14.2 Å². The van der Waals surface area contributed by atoms with Crippen LogP contribution in [0.1, 0.15) is 55.2 Å². The second-order valence-electron chi connectivity index (χ2n) is 9.17. The Morgan fingerprint density at radius 1 is 1.03 bits per heavy atom. The number of aromatic nitrogens is 4. The SMILES string of the molecule is Cc1ccc(Cn2nc3n(C(C)C)c(=O)c4ccc(C(=O)NCC(C)C)cc4n3c2=O)cc1. The van der Waals surface area contributed by atoms with E-state index in [0.717, 1.165) is 11.1 Å². The van der Waals surface area contributed by atoms with Gasteiger partial charge in [0.1, 0.15) is 0 Å². The predicted octanol–water partition coefficient (Wildman–Crippen LogP) is 3.13. The average molecular weight is 448 g/mol.